The molecule has 5 nitrogen and oxygen atoms in total. The molecule has 0 bridgehead atoms. The molecule has 3 rings (SSSR count). The number of ether oxygens (including phenoxy) is 1. The van der Waals surface area contributed by atoms with Gasteiger partial charge in [0.25, 0.3) is 0 Å². The molecule has 2 aromatic rings. The monoisotopic (exact) mass is 330 g/mol. The maximum absolute atomic E-state index is 12.5. The average Bonchev–Trinajstić information content (AvgIpc) is 3.09. The number of hydrogen-bond acceptors (Lipinski definition) is 4. The Bertz CT molecular complexity index is 700. The molecular weight excluding hydrogens is 312 g/mol. The lowest BCUT2D eigenvalue weighted by molar-refractivity contribution is -0.144. The van der Waals surface area contributed by atoms with E-state index in [4.69, 9.17) is 4.74 Å². The molecule has 6 heteroatoms. The molecule has 1 fully saturated rings. The van der Waals surface area contributed by atoms with E-state index in [2.05, 4.69) is 10.7 Å². The third-order valence-corrected chi connectivity index (χ3v) is 4.50. The van der Waals surface area contributed by atoms with Gasteiger partial charge < -0.3 is 15.0 Å². The Labute approximate surface area is 138 Å². The van der Waals surface area contributed by atoms with Crippen molar-refractivity contribution in [1.82, 2.24) is 4.90 Å². The van der Waals surface area contributed by atoms with Crippen LogP contribution in [-0.4, -0.2) is 42.5 Å². The second-order valence-electron chi connectivity index (χ2n) is 5.39. The number of carbonyl (C=O) groups is 2. The van der Waals surface area contributed by atoms with Crippen molar-refractivity contribution in [3.8, 4) is 11.1 Å². The summed E-state index contributed by atoms with van der Waals surface area (Å²) in [6.07, 6.45) is 0. The second-order valence-corrected chi connectivity index (χ2v) is 6.17. The summed E-state index contributed by atoms with van der Waals surface area (Å²) in [6.45, 7) is 2.62. The van der Waals surface area contributed by atoms with Crippen molar-refractivity contribution in [1.29, 1.82) is 0 Å². The number of morpholine rings is 1. The number of hydrogen-bond donors (Lipinski definition) is 1. The summed E-state index contributed by atoms with van der Waals surface area (Å²) in [6, 6.07) is 9.15. The van der Waals surface area contributed by atoms with Crippen molar-refractivity contribution in [2.24, 2.45) is 0 Å². The van der Waals surface area contributed by atoms with E-state index in [1.807, 2.05) is 35.7 Å². The Kier molecular flexibility index (Phi) is 4.73. The van der Waals surface area contributed by atoms with Gasteiger partial charge in [-0.25, -0.2) is 0 Å². The maximum Gasteiger partial charge on any atom is 0.249 e. The highest BCUT2D eigenvalue weighted by molar-refractivity contribution is 7.08. The van der Waals surface area contributed by atoms with Crippen LogP contribution in [-0.2, 0) is 14.3 Å². The molecule has 0 unspecified atom stereocenters. The molecule has 0 radical (unpaired) electrons. The summed E-state index contributed by atoms with van der Waals surface area (Å²) in [7, 11) is 0. The molecule has 0 aliphatic carbocycles. The zero-order valence-electron chi connectivity index (χ0n) is 12.8. The van der Waals surface area contributed by atoms with E-state index in [0.29, 0.717) is 18.8 Å². The van der Waals surface area contributed by atoms with Crippen LogP contribution in [0.5, 0.6) is 0 Å². The SMILES string of the molecule is CC(=O)N1CCOC[C@H]1C(=O)Nc1cccc(-c2ccsc2)c1. The van der Waals surface area contributed by atoms with Gasteiger partial charge in [0.15, 0.2) is 0 Å². The van der Waals surface area contributed by atoms with E-state index in [9.17, 15) is 9.59 Å². The van der Waals surface area contributed by atoms with E-state index >= 15 is 0 Å². The van der Waals surface area contributed by atoms with Crippen LogP contribution in [0.1, 0.15) is 6.92 Å². The first-order valence-corrected chi connectivity index (χ1v) is 8.38. The predicted octanol–water partition coefficient (Wildman–Crippen LogP) is 2.60. The standard InChI is InChI=1S/C17H18N2O3S/c1-12(20)19-6-7-22-10-16(19)17(21)18-15-4-2-3-13(9-15)14-5-8-23-11-14/h2-5,8-9,11,16H,6-7,10H2,1H3,(H,18,21)/t16-/m0/s1. The molecule has 1 aromatic carbocycles. The molecule has 0 spiro atoms. The van der Waals surface area contributed by atoms with Gasteiger partial charge in [-0.3, -0.25) is 9.59 Å². The number of anilines is 1. The van der Waals surface area contributed by atoms with Gasteiger partial charge in [-0.2, -0.15) is 11.3 Å². The number of nitrogens with zero attached hydrogens (tertiary/aromatic N) is 1. The van der Waals surface area contributed by atoms with Gasteiger partial charge in [0.05, 0.1) is 13.2 Å². The first-order valence-electron chi connectivity index (χ1n) is 7.43. The van der Waals surface area contributed by atoms with Crippen molar-refractivity contribution in [2.75, 3.05) is 25.1 Å². The average molecular weight is 330 g/mol. The first-order chi connectivity index (χ1) is 11.1. The van der Waals surface area contributed by atoms with Crippen molar-refractivity contribution in [2.45, 2.75) is 13.0 Å². The Morgan fingerprint density at radius 2 is 2.17 bits per heavy atom. The van der Waals surface area contributed by atoms with Crippen LogP contribution < -0.4 is 5.32 Å². The van der Waals surface area contributed by atoms with Crippen LogP contribution in [0.15, 0.2) is 41.1 Å². The molecule has 1 atom stereocenters. The number of rotatable bonds is 3. The smallest absolute Gasteiger partial charge is 0.249 e. The van der Waals surface area contributed by atoms with Crippen molar-refractivity contribution < 1.29 is 14.3 Å². The topological polar surface area (TPSA) is 58.6 Å². The van der Waals surface area contributed by atoms with E-state index in [0.717, 1.165) is 11.1 Å². The van der Waals surface area contributed by atoms with Gasteiger partial charge in [0.2, 0.25) is 11.8 Å². The Hall–Kier alpha value is -2.18. The minimum Gasteiger partial charge on any atom is -0.377 e. The van der Waals surface area contributed by atoms with Gasteiger partial charge in [0, 0.05) is 19.2 Å². The lowest BCUT2D eigenvalue weighted by Crippen LogP contribution is -2.53. The molecule has 1 aliphatic heterocycles. The van der Waals surface area contributed by atoms with Gasteiger partial charge in [-0.15, -0.1) is 0 Å². The molecular formula is C17H18N2O3S. The number of benzene rings is 1. The lowest BCUT2D eigenvalue weighted by atomic mass is 10.1. The third kappa shape index (κ3) is 3.60. The van der Waals surface area contributed by atoms with E-state index in [1.54, 1.807) is 16.2 Å². The molecule has 1 saturated heterocycles. The zero-order chi connectivity index (χ0) is 16.2. The summed E-state index contributed by atoms with van der Waals surface area (Å²) in [5, 5.41) is 6.97. The highest BCUT2D eigenvalue weighted by Gasteiger charge is 2.31. The third-order valence-electron chi connectivity index (χ3n) is 3.82. The number of thiophene rings is 1. The summed E-state index contributed by atoms with van der Waals surface area (Å²) < 4.78 is 5.35. The van der Waals surface area contributed by atoms with E-state index in [-0.39, 0.29) is 18.4 Å². The van der Waals surface area contributed by atoms with Gasteiger partial charge in [-0.05, 0) is 40.1 Å². The zero-order valence-corrected chi connectivity index (χ0v) is 13.6. The van der Waals surface area contributed by atoms with Crippen molar-refractivity contribution >= 4 is 28.8 Å². The van der Waals surface area contributed by atoms with Crippen LogP contribution in [0.3, 0.4) is 0 Å². The fraction of sp³-hybridized carbons (Fsp3) is 0.294. The Balaban J connectivity index is 1.75. The van der Waals surface area contributed by atoms with E-state index in [1.165, 1.54) is 6.92 Å². The summed E-state index contributed by atoms with van der Waals surface area (Å²) >= 11 is 1.63. The largest absolute Gasteiger partial charge is 0.377 e. The molecule has 1 N–H and O–H groups in total. The Morgan fingerprint density at radius 3 is 2.91 bits per heavy atom. The molecule has 2 heterocycles. The number of nitrogens with one attached hydrogen (secondary N) is 1. The van der Waals surface area contributed by atoms with E-state index < -0.39 is 6.04 Å². The fourth-order valence-electron chi connectivity index (χ4n) is 2.63. The molecule has 1 aliphatic rings. The van der Waals surface area contributed by atoms with Crippen LogP contribution >= 0.6 is 11.3 Å². The van der Waals surface area contributed by atoms with Gasteiger partial charge >= 0.3 is 0 Å². The lowest BCUT2D eigenvalue weighted by Gasteiger charge is -2.33. The van der Waals surface area contributed by atoms with Gasteiger partial charge in [-0.1, -0.05) is 12.1 Å². The van der Waals surface area contributed by atoms with Crippen LogP contribution in [0, 0.1) is 0 Å². The van der Waals surface area contributed by atoms with Crippen molar-refractivity contribution in [3.63, 3.8) is 0 Å². The Morgan fingerprint density at radius 1 is 1.30 bits per heavy atom. The normalized spacial score (nSPS) is 17.8. The first kappa shape index (κ1) is 15.7. The minimum absolute atomic E-state index is 0.111. The van der Waals surface area contributed by atoms with Crippen LogP contribution in [0.25, 0.3) is 11.1 Å². The van der Waals surface area contributed by atoms with Gasteiger partial charge in [0.1, 0.15) is 6.04 Å². The van der Waals surface area contributed by atoms with Crippen LogP contribution in [0.4, 0.5) is 5.69 Å². The molecule has 0 saturated carbocycles. The fourth-order valence-corrected chi connectivity index (χ4v) is 3.29. The minimum atomic E-state index is -0.578. The predicted molar refractivity (Wildman–Crippen MR) is 90.4 cm³/mol. The summed E-state index contributed by atoms with van der Waals surface area (Å²) in [5.41, 5.74) is 2.89. The summed E-state index contributed by atoms with van der Waals surface area (Å²) in [4.78, 5) is 25.7. The maximum atomic E-state index is 12.5. The van der Waals surface area contributed by atoms with Crippen molar-refractivity contribution in [3.05, 3.63) is 41.1 Å². The molecule has 1 aromatic heterocycles. The second kappa shape index (κ2) is 6.93. The molecule has 23 heavy (non-hydrogen) atoms. The quantitative estimate of drug-likeness (QED) is 0.941. The molecule has 2 amide bonds. The van der Waals surface area contributed by atoms with Crippen LogP contribution in [0.2, 0.25) is 0 Å². The highest BCUT2D eigenvalue weighted by atomic mass is 32.1. The highest BCUT2D eigenvalue weighted by Crippen LogP contribution is 2.25. The number of carbonyl (C=O) groups excluding carboxylic acids is 2. The number of amides is 2. The summed E-state index contributed by atoms with van der Waals surface area (Å²) in [5.74, 6) is -0.331. The molecule has 120 valence electrons.